The number of fused-ring (bicyclic) bond motifs is 1. The van der Waals surface area contributed by atoms with E-state index in [9.17, 15) is 14.4 Å². The van der Waals surface area contributed by atoms with Gasteiger partial charge < -0.3 is 25.7 Å². The first kappa shape index (κ1) is 38.4. The highest BCUT2D eigenvalue weighted by molar-refractivity contribution is 5.82. The van der Waals surface area contributed by atoms with Crippen LogP contribution in [-0.4, -0.2) is 62.5 Å². The Kier molecular flexibility index (Phi) is 16.6. The van der Waals surface area contributed by atoms with E-state index in [2.05, 4.69) is 21.9 Å². The molecule has 1 saturated heterocycles. The Balaban J connectivity index is 1.44. The first-order valence-corrected chi connectivity index (χ1v) is 17.8. The number of halogens is 1. The van der Waals surface area contributed by atoms with Crippen LogP contribution in [0.15, 0.2) is 11.1 Å². The second-order valence-corrected chi connectivity index (χ2v) is 13.0. The van der Waals surface area contributed by atoms with Gasteiger partial charge in [-0.2, -0.15) is 4.98 Å². The summed E-state index contributed by atoms with van der Waals surface area (Å²) >= 11 is 0. The minimum atomic E-state index is -1.46. The van der Waals surface area contributed by atoms with Gasteiger partial charge in [0.2, 0.25) is 5.95 Å². The standard InChI is InChI=1S/C34H57FN6O6/c1-4-6-7-8-9-10-11-12-13-14-15-16-17-18-19-25(47-33(44)28(36)23(3)5-2)32(43)45-21-26-24(35)20-27(46-26)41-22-38-29-30(41)39-34(37)40-31(29)42/h22-28H,4-21,36H2,1-3H3,(H3,37,39,40,42)/t23-,24?,25?,26+,27+,28-/m0/s1. The summed E-state index contributed by atoms with van der Waals surface area (Å²) in [5, 5.41) is 0. The molecule has 12 nitrogen and oxygen atoms in total. The number of aromatic nitrogens is 4. The summed E-state index contributed by atoms with van der Waals surface area (Å²) in [5.74, 6) is -1.62. The van der Waals surface area contributed by atoms with E-state index in [1.165, 1.54) is 75.1 Å². The number of nitrogen functional groups attached to an aromatic ring is 1. The summed E-state index contributed by atoms with van der Waals surface area (Å²) in [4.78, 5) is 48.5. The zero-order valence-electron chi connectivity index (χ0n) is 28.6. The number of nitrogens with zero attached hydrogens (tertiary/aromatic N) is 3. The van der Waals surface area contributed by atoms with Crippen molar-refractivity contribution in [1.82, 2.24) is 19.5 Å². The summed E-state index contributed by atoms with van der Waals surface area (Å²) in [7, 11) is 0. The molecule has 0 aromatic carbocycles. The third-order valence-corrected chi connectivity index (χ3v) is 9.18. The fraction of sp³-hybridized carbons (Fsp3) is 0.794. The van der Waals surface area contributed by atoms with Crippen LogP contribution in [0.4, 0.5) is 10.3 Å². The number of unbranched alkanes of at least 4 members (excludes halogenated alkanes) is 13. The molecule has 0 bridgehead atoms. The Hall–Kier alpha value is -3.06. The fourth-order valence-electron chi connectivity index (χ4n) is 5.88. The van der Waals surface area contributed by atoms with E-state index >= 15 is 4.39 Å². The summed E-state index contributed by atoms with van der Waals surface area (Å²) in [6, 6.07) is -0.860. The molecule has 6 atom stereocenters. The van der Waals surface area contributed by atoms with Crippen LogP contribution < -0.4 is 17.0 Å². The summed E-state index contributed by atoms with van der Waals surface area (Å²) in [6.45, 7) is 5.65. The molecular formula is C34H57FN6O6. The number of ether oxygens (including phenoxy) is 3. The molecular weight excluding hydrogens is 607 g/mol. The zero-order chi connectivity index (χ0) is 34.2. The number of H-pyrrole nitrogens is 1. The monoisotopic (exact) mass is 664 g/mol. The number of alkyl halides is 1. The molecule has 3 rings (SSSR count). The molecule has 13 heteroatoms. The van der Waals surface area contributed by atoms with Crippen LogP contribution in [0.2, 0.25) is 0 Å². The van der Waals surface area contributed by atoms with E-state index in [0.29, 0.717) is 19.3 Å². The summed E-state index contributed by atoms with van der Waals surface area (Å²) in [6.07, 6.45) is 14.6. The smallest absolute Gasteiger partial charge is 0.347 e. The van der Waals surface area contributed by atoms with Crippen molar-refractivity contribution in [3.8, 4) is 0 Å². The number of esters is 2. The molecule has 47 heavy (non-hydrogen) atoms. The molecule has 0 saturated carbocycles. The molecule has 3 heterocycles. The first-order chi connectivity index (χ1) is 22.7. The number of nitrogens with two attached hydrogens (primary N) is 2. The molecule has 1 fully saturated rings. The van der Waals surface area contributed by atoms with Crippen molar-refractivity contribution in [2.75, 3.05) is 12.3 Å². The molecule has 0 spiro atoms. The summed E-state index contributed by atoms with van der Waals surface area (Å²) < 4.78 is 33.3. The van der Waals surface area contributed by atoms with Crippen LogP contribution in [0.1, 0.15) is 136 Å². The highest BCUT2D eigenvalue weighted by atomic mass is 19.1. The van der Waals surface area contributed by atoms with Crippen LogP contribution in [0, 0.1) is 5.92 Å². The fourth-order valence-corrected chi connectivity index (χ4v) is 5.88. The van der Waals surface area contributed by atoms with Gasteiger partial charge in [-0.15, -0.1) is 0 Å². The van der Waals surface area contributed by atoms with Crippen LogP contribution in [0.25, 0.3) is 11.2 Å². The van der Waals surface area contributed by atoms with Gasteiger partial charge in [-0.3, -0.25) is 19.1 Å². The van der Waals surface area contributed by atoms with E-state index in [4.69, 9.17) is 25.7 Å². The maximum absolute atomic E-state index is 15.0. The van der Waals surface area contributed by atoms with Gasteiger partial charge in [0, 0.05) is 6.42 Å². The van der Waals surface area contributed by atoms with Gasteiger partial charge in [-0.25, -0.2) is 14.2 Å². The van der Waals surface area contributed by atoms with Crippen molar-refractivity contribution in [3.05, 3.63) is 16.7 Å². The Bertz CT molecular complexity index is 1290. The van der Waals surface area contributed by atoms with Gasteiger partial charge in [-0.1, -0.05) is 111 Å². The Labute approximate surface area is 277 Å². The predicted molar refractivity (Wildman–Crippen MR) is 179 cm³/mol. The van der Waals surface area contributed by atoms with Gasteiger partial charge in [0.1, 0.15) is 31.2 Å². The lowest BCUT2D eigenvalue weighted by Gasteiger charge is -2.22. The van der Waals surface area contributed by atoms with Gasteiger partial charge in [0.25, 0.3) is 5.56 Å². The Morgan fingerprint density at radius 3 is 2.21 bits per heavy atom. The van der Waals surface area contributed by atoms with Crippen molar-refractivity contribution in [2.45, 2.75) is 161 Å². The summed E-state index contributed by atoms with van der Waals surface area (Å²) in [5.41, 5.74) is 11.4. The number of aromatic amines is 1. The molecule has 0 radical (unpaired) electrons. The van der Waals surface area contributed by atoms with Crippen LogP contribution in [0.3, 0.4) is 0 Å². The Morgan fingerprint density at radius 1 is 1.02 bits per heavy atom. The number of hydrogen-bond acceptors (Lipinski definition) is 10. The number of carbonyl (C=O) groups is 2. The lowest BCUT2D eigenvalue weighted by atomic mass is 10.0. The average molecular weight is 665 g/mol. The van der Waals surface area contributed by atoms with Gasteiger partial charge >= 0.3 is 11.9 Å². The van der Waals surface area contributed by atoms with E-state index in [0.717, 1.165) is 19.3 Å². The quantitative estimate of drug-likeness (QED) is 0.0939. The van der Waals surface area contributed by atoms with Crippen molar-refractivity contribution in [3.63, 3.8) is 0 Å². The lowest BCUT2D eigenvalue weighted by molar-refractivity contribution is -0.173. The molecule has 266 valence electrons. The zero-order valence-corrected chi connectivity index (χ0v) is 28.6. The van der Waals surface area contributed by atoms with Gasteiger partial charge in [0.05, 0.1) is 6.33 Å². The molecule has 2 unspecified atom stereocenters. The van der Waals surface area contributed by atoms with E-state index in [-0.39, 0.29) is 36.1 Å². The largest absolute Gasteiger partial charge is 0.460 e. The second-order valence-electron chi connectivity index (χ2n) is 13.0. The van der Waals surface area contributed by atoms with Crippen LogP contribution in [-0.2, 0) is 23.8 Å². The van der Waals surface area contributed by atoms with Gasteiger partial charge in [0.15, 0.2) is 17.3 Å². The van der Waals surface area contributed by atoms with Crippen molar-refractivity contribution >= 4 is 29.1 Å². The first-order valence-electron chi connectivity index (χ1n) is 17.8. The van der Waals surface area contributed by atoms with Gasteiger partial charge in [-0.05, 0) is 18.8 Å². The van der Waals surface area contributed by atoms with Crippen molar-refractivity contribution < 1.29 is 28.2 Å². The Morgan fingerprint density at radius 2 is 1.62 bits per heavy atom. The molecule has 5 N–H and O–H groups in total. The number of nitrogens with one attached hydrogen (secondary N) is 1. The second kappa shape index (κ2) is 20.3. The highest BCUT2D eigenvalue weighted by Gasteiger charge is 2.39. The molecule has 1 aliphatic rings. The average Bonchev–Trinajstić information content (AvgIpc) is 3.65. The molecule has 0 amide bonds. The van der Waals surface area contributed by atoms with Crippen LogP contribution in [0.5, 0.6) is 0 Å². The predicted octanol–water partition coefficient (Wildman–Crippen LogP) is 6.03. The highest BCUT2D eigenvalue weighted by Crippen LogP contribution is 2.32. The lowest BCUT2D eigenvalue weighted by Crippen LogP contribution is -2.42. The number of anilines is 1. The number of hydrogen-bond donors (Lipinski definition) is 3. The number of rotatable bonds is 23. The van der Waals surface area contributed by atoms with E-state index in [1.54, 1.807) is 0 Å². The minimum absolute atomic E-state index is 0.0526. The number of imidazole rings is 1. The molecule has 0 aliphatic carbocycles. The normalized spacial score (nSPS) is 19.9. The van der Waals surface area contributed by atoms with Crippen LogP contribution >= 0.6 is 0 Å². The minimum Gasteiger partial charge on any atom is -0.460 e. The van der Waals surface area contributed by atoms with E-state index in [1.807, 2.05) is 13.8 Å². The SMILES string of the molecule is CCCCCCCCCCCCCCCCC(OC(=O)[C@@H](N)[C@@H](C)CC)C(=O)OC[C@H]1O[C@@H](n2cnc3c(=O)[nH]c(N)nc32)CC1F. The molecule has 2 aromatic rings. The topological polar surface area (TPSA) is 177 Å². The molecule has 1 aliphatic heterocycles. The van der Waals surface area contributed by atoms with Crippen molar-refractivity contribution in [1.29, 1.82) is 0 Å². The maximum Gasteiger partial charge on any atom is 0.347 e. The third kappa shape index (κ3) is 12.2. The van der Waals surface area contributed by atoms with Crippen molar-refractivity contribution in [2.24, 2.45) is 11.7 Å². The van der Waals surface area contributed by atoms with E-state index < -0.39 is 48.1 Å². The number of carbonyl (C=O) groups excluding carboxylic acids is 2. The third-order valence-electron chi connectivity index (χ3n) is 9.18. The molecule has 2 aromatic heterocycles. The maximum atomic E-state index is 15.0.